The molecule has 0 aliphatic carbocycles. The van der Waals surface area contributed by atoms with Crippen LogP contribution < -0.4 is 5.32 Å². The Morgan fingerprint density at radius 1 is 1.40 bits per heavy atom. The van der Waals surface area contributed by atoms with E-state index >= 15 is 0 Å². The highest BCUT2D eigenvalue weighted by Gasteiger charge is 2.26. The molecule has 1 N–H and O–H groups in total. The van der Waals surface area contributed by atoms with Crippen LogP contribution in [0.3, 0.4) is 0 Å². The molecule has 0 aliphatic rings. The quantitative estimate of drug-likeness (QED) is 0.526. The lowest BCUT2D eigenvalue weighted by Crippen LogP contribution is -2.39. The van der Waals surface area contributed by atoms with Crippen molar-refractivity contribution in [3.8, 4) is 0 Å². The molecular formula is C10H19F3N2. The Hall–Kier alpha value is -0.550. The summed E-state index contributed by atoms with van der Waals surface area (Å²) in [4.78, 5) is 2.05. The lowest BCUT2D eigenvalue weighted by atomic mass is 10.3. The highest BCUT2D eigenvalue weighted by atomic mass is 19.4. The average Bonchev–Trinajstić information content (AvgIpc) is 2.08. The van der Waals surface area contributed by atoms with Crippen molar-refractivity contribution in [2.24, 2.45) is 0 Å². The number of alkyl halides is 3. The van der Waals surface area contributed by atoms with Gasteiger partial charge in [-0.05, 0) is 13.8 Å². The molecule has 0 aliphatic heterocycles. The highest BCUT2D eigenvalue weighted by molar-refractivity contribution is 4.76. The minimum atomic E-state index is -4.12. The lowest BCUT2D eigenvalue weighted by molar-refractivity contribution is -0.124. The van der Waals surface area contributed by atoms with Gasteiger partial charge in [0.2, 0.25) is 0 Å². The van der Waals surface area contributed by atoms with Crippen LogP contribution >= 0.6 is 0 Å². The highest BCUT2D eigenvalue weighted by Crippen LogP contribution is 2.11. The number of hydrogen-bond donors (Lipinski definition) is 1. The summed E-state index contributed by atoms with van der Waals surface area (Å²) in [5, 5.41) is 2.37. The van der Waals surface area contributed by atoms with Gasteiger partial charge in [-0.25, -0.2) is 0 Å². The van der Waals surface area contributed by atoms with Gasteiger partial charge in [0.25, 0.3) is 0 Å². The van der Waals surface area contributed by atoms with Gasteiger partial charge in [-0.15, -0.1) is 6.58 Å². The SMILES string of the molecule is C=CCN(CCNCC(F)(F)F)C(C)C. The largest absolute Gasteiger partial charge is 0.401 e. The van der Waals surface area contributed by atoms with E-state index in [1.165, 1.54) is 0 Å². The van der Waals surface area contributed by atoms with E-state index in [0.29, 0.717) is 25.7 Å². The zero-order chi connectivity index (χ0) is 11.9. The van der Waals surface area contributed by atoms with Crippen molar-refractivity contribution in [1.82, 2.24) is 10.2 Å². The van der Waals surface area contributed by atoms with Crippen molar-refractivity contribution in [3.05, 3.63) is 12.7 Å². The molecule has 15 heavy (non-hydrogen) atoms. The number of hydrogen-bond acceptors (Lipinski definition) is 2. The van der Waals surface area contributed by atoms with Crippen molar-refractivity contribution in [2.45, 2.75) is 26.1 Å². The molecule has 0 heterocycles. The summed E-state index contributed by atoms with van der Waals surface area (Å²) in [6, 6.07) is 0.315. The van der Waals surface area contributed by atoms with Gasteiger partial charge >= 0.3 is 6.18 Å². The standard InChI is InChI=1S/C10H19F3N2/c1-4-6-15(9(2)3)7-5-14-8-10(11,12)13/h4,9,14H,1,5-8H2,2-3H3. The lowest BCUT2D eigenvalue weighted by Gasteiger charge is -2.25. The van der Waals surface area contributed by atoms with Gasteiger partial charge in [0, 0.05) is 25.7 Å². The van der Waals surface area contributed by atoms with E-state index in [0.717, 1.165) is 0 Å². The zero-order valence-corrected chi connectivity index (χ0v) is 9.27. The Bertz CT molecular complexity index is 178. The Kier molecular flexibility index (Phi) is 6.60. The third kappa shape index (κ3) is 8.44. The third-order valence-corrected chi connectivity index (χ3v) is 2.00. The molecule has 0 bridgehead atoms. The van der Waals surface area contributed by atoms with Crippen LogP contribution in [-0.2, 0) is 0 Å². The summed E-state index contributed by atoms with van der Waals surface area (Å²) < 4.78 is 35.4. The molecule has 0 amide bonds. The third-order valence-electron chi connectivity index (χ3n) is 2.00. The molecule has 0 saturated carbocycles. The van der Waals surface area contributed by atoms with Crippen molar-refractivity contribution in [1.29, 1.82) is 0 Å². The van der Waals surface area contributed by atoms with E-state index in [2.05, 4.69) is 16.8 Å². The second-order valence-corrected chi connectivity index (χ2v) is 3.67. The van der Waals surface area contributed by atoms with E-state index in [1.807, 2.05) is 13.8 Å². The summed E-state index contributed by atoms with van der Waals surface area (Å²) in [6.45, 7) is 8.33. The topological polar surface area (TPSA) is 15.3 Å². The van der Waals surface area contributed by atoms with E-state index in [1.54, 1.807) is 6.08 Å². The van der Waals surface area contributed by atoms with E-state index in [9.17, 15) is 13.2 Å². The molecule has 0 aromatic rings. The Morgan fingerprint density at radius 3 is 2.40 bits per heavy atom. The molecular weight excluding hydrogens is 205 g/mol. The minimum absolute atomic E-state index is 0.315. The normalized spacial score (nSPS) is 12.5. The predicted molar refractivity (Wildman–Crippen MR) is 55.8 cm³/mol. The summed E-state index contributed by atoms with van der Waals surface area (Å²) in [7, 11) is 0. The van der Waals surface area contributed by atoms with Gasteiger partial charge in [0.1, 0.15) is 0 Å². The summed E-state index contributed by atoms with van der Waals surface area (Å²) >= 11 is 0. The van der Waals surface area contributed by atoms with Crippen LogP contribution in [0.4, 0.5) is 13.2 Å². The van der Waals surface area contributed by atoms with E-state index in [-0.39, 0.29) is 0 Å². The van der Waals surface area contributed by atoms with Crippen LogP contribution in [0.1, 0.15) is 13.8 Å². The van der Waals surface area contributed by atoms with Gasteiger partial charge in [-0.2, -0.15) is 13.2 Å². The van der Waals surface area contributed by atoms with Gasteiger partial charge in [0.05, 0.1) is 6.54 Å². The first-order valence-electron chi connectivity index (χ1n) is 4.99. The fraction of sp³-hybridized carbons (Fsp3) is 0.800. The van der Waals surface area contributed by atoms with Gasteiger partial charge in [-0.1, -0.05) is 6.08 Å². The van der Waals surface area contributed by atoms with Gasteiger partial charge in [-0.3, -0.25) is 4.90 Å². The number of halogens is 3. The number of nitrogens with zero attached hydrogens (tertiary/aromatic N) is 1. The van der Waals surface area contributed by atoms with Crippen LogP contribution in [0.25, 0.3) is 0 Å². The fourth-order valence-corrected chi connectivity index (χ4v) is 1.18. The van der Waals surface area contributed by atoms with Crippen LogP contribution in [-0.4, -0.2) is 43.3 Å². The molecule has 0 unspecified atom stereocenters. The maximum atomic E-state index is 11.8. The monoisotopic (exact) mass is 224 g/mol. The predicted octanol–water partition coefficient (Wildman–Crippen LogP) is 2.03. The first kappa shape index (κ1) is 14.5. The fourth-order valence-electron chi connectivity index (χ4n) is 1.18. The van der Waals surface area contributed by atoms with E-state index < -0.39 is 12.7 Å². The molecule has 0 fully saturated rings. The second-order valence-electron chi connectivity index (χ2n) is 3.67. The molecule has 0 atom stereocenters. The summed E-state index contributed by atoms with van der Waals surface area (Å²) in [6.07, 6.45) is -2.37. The van der Waals surface area contributed by atoms with Crippen LogP contribution in [0.5, 0.6) is 0 Å². The molecule has 2 nitrogen and oxygen atoms in total. The van der Waals surface area contributed by atoms with Gasteiger partial charge < -0.3 is 5.32 Å². The first-order valence-corrected chi connectivity index (χ1v) is 4.99. The van der Waals surface area contributed by atoms with Crippen molar-refractivity contribution in [3.63, 3.8) is 0 Å². The summed E-state index contributed by atoms with van der Waals surface area (Å²) in [5.41, 5.74) is 0. The van der Waals surface area contributed by atoms with Crippen molar-refractivity contribution in [2.75, 3.05) is 26.2 Å². The number of rotatable bonds is 7. The van der Waals surface area contributed by atoms with Crippen molar-refractivity contribution < 1.29 is 13.2 Å². The maximum absolute atomic E-state index is 11.8. The molecule has 0 aromatic heterocycles. The smallest absolute Gasteiger partial charge is 0.307 e. The molecule has 0 spiro atoms. The van der Waals surface area contributed by atoms with Crippen LogP contribution in [0.15, 0.2) is 12.7 Å². The molecule has 0 rings (SSSR count). The Morgan fingerprint density at radius 2 is 2.00 bits per heavy atom. The molecule has 0 saturated heterocycles. The molecule has 5 heteroatoms. The number of nitrogens with one attached hydrogen (secondary N) is 1. The van der Waals surface area contributed by atoms with Gasteiger partial charge in [0.15, 0.2) is 0 Å². The Balaban J connectivity index is 3.67. The second kappa shape index (κ2) is 6.85. The molecule has 90 valence electrons. The average molecular weight is 224 g/mol. The zero-order valence-electron chi connectivity index (χ0n) is 9.27. The Labute approximate surface area is 89.1 Å². The van der Waals surface area contributed by atoms with E-state index in [4.69, 9.17) is 0 Å². The van der Waals surface area contributed by atoms with Crippen LogP contribution in [0.2, 0.25) is 0 Å². The molecule has 0 radical (unpaired) electrons. The minimum Gasteiger partial charge on any atom is -0.307 e. The first-order chi connectivity index (χ1) is 6.87. The maximum Gasteiger partial charge on any atom is 0.401 e. The van der Waals surface area contributed by atoms with Crippen molar-refractivity contribution >= 4 is 0 Å². The molecule has 0 aromatic carbocycles. The summed E-state index contributed by atoms with van der Waals surface area (Å²) in [5.74, 6) is 0. The van der Waals surface area contributed by atoms with Crippen LogP contribution in [0, 0.1) is 0 Å².